The molecule has 0 spiro atoms. The van der Waals surface area contributed by atoms with Crippen molar-refractivity contribution in [1.29, 1.82) is 0 Å². The minimum atomic E-state index is 0.321. The topological polar surface area (TPSA) is 24.5 Å². The van der Waals surface area contributed by atoms with Crippen molar-refractivity contribution in [2.24, 2.45) is 0 Å². The van der Waals surface area contributed by atoms with E-state index in [-0.39, 0.29) is 0 Å². The number of rotatable bonds is 7. The van der Waals surface area contributed by atoms with Crippen LogP contribution in [0.5, 0.6) is 0 Å². The lowest BCUT2D eigenvalue weighted by molar-refractivity contribution is 0.116. The molecule has 1 rings (SSSR count). The lowest BCUT2D eigenvalue weighted by Crippen LogP contribution is -2.37. The molecule has 0 saturated heterocycles. The van der Waals surface area contributed by atoms with Crippen LogP contribution in [0.2, 0.25) is 0 Å². The molecule has 15 heavy (non-hydrogen) atoms. The smallest absolute Gasteiger partial charge is 0.0667 e. The molecule has 3 heteroatoms. The highest BCUT2D eigenvalue weighted by molar-refractivity contribution is 4.75. The van der Waals surface area contributed by atoms with Gasteiger partial charge in [0.2, 0.25) is 0 Å². The van der Waals surface area contributed by atoms with Crippen LogP contribution in [0.15, 0.2) is 0 Å². The molecule has 0 amide bonds. The highest BCUT2D eigenvalue weighted by atomic mass is 16.5. The van der Waals surface area contributed by atoms with Crippen LogP contribution in [0, 0.1) is 0 Å². The summed E-state index contributed by atoms with van der Waals surface area (Å²) >= 11 is 0. The summed E-state index contributed by atoms with van der Waals surface area (Å²) < 4.78 is 5.18. The zero-order valence-corrected chi connectivity index (χ0v) is 10.5. The average Bonchev–Trinajstić information content (AvgIpc) is 2.77. The van der Waals surface area contributed by atoms with Gasteiger partial charge in [-0.1, -0.05) is 12.8 Å². The zero-order chi connectivity index (χ0) is 11.1. The minimum absolute atomic E-state index is 0.321. The number of hydrogen-bond donors (Lipinski definition) is 1. The molecule has 0 aromatic heterocycles. The third-order valence-corrected chi connectivity index (χ3v) is 3.42. The molecular formula is C12H26N2O. The molecule has 0 aromatic rings. The van der Waals surface area contributed by atoms with E-state index in [0.717, 1.165) is 25.7 Å². The maximum atomic E-state index is 5.18. The molecule has 1 saturated carbocycles. The number of likely N-dealkylation sites (N-methyl/N-ethyl adjacent to an activating group) is 1. The third kappa shape index (κ3) is 4.96. The Bertz CT molecular complexity index is 158. The first-order chi connectivity index (χ1) is 7.24. The average molecular weight is 214 g/mol. The van der Waals surface area contributed by atoms with E-state index in [1.807, 2.05) is 0 Å². The van der Waals surface area contributed by atoms with Crippen molar-refractivity contribution in [3.8, 4) is 0 Å². The largest absolute Gasteiger partial charge is 0.380 e. The second-order valence-corrected chi connectivity index (χ2v) is 4.67. The third-order valence-electron chi connectivity index (χ3n) is 3.42. The highest BCUT2D eigenvalue weighted by Gasteiger charge is 2.18. The first-order valence-electron chi connectivity index (χ1n) is 6.17. The van der Waals surface area contributed by atoms with E-state index in [9.17, 15) is 0 Å². The fraction of sp³-hybridized carbons (Fsp3) is 1.00. The summed E-state index contributed by atoms with van der Waals surface area (Å²) in [7, 11) is 4.01. The lowest BCUT2D eigenvalue weighted by Gasteiger charge is -2.24. The van der Waals surface area contributed by atoms with Gasteiger partial charge in [-0.25, -0.2) is 0 Å². The van der Waals surface area contributed by atoms with Crippen molar-refractivity contribution in [3.63, 3.8) is 0 Å². The van der Waals surface area contributed by atoms with Crippen LogP contribution < -0.4 is 5.32 Å². The molecule has 0 heterocycles. The van der Waals surface area contributed by atoms with Gasteiger partial charge in [-0.05, 0) is 26.8 Å². The molecule has 1 N–H and O–H groups in total. The van der Waals surface area contributed by atoms with Crippen molar-refractivity contribution in [3.05, 3.63) is 0 Å². The van der Waals surface area contributed by atoms with E-state index >= 15 is 0 Å². The first kappa shape index (κ1) is 12.9. The van der Waals surface area contributed by atoms with Gasteiger partial charge < -0.3 is 15.0 Å². The van der Waals surface area contributed by atoms with Gasteiger partial charge in [-0.15, -0.1) is 0 Å². The molecule has 1 fully saturated rings. The summed E-state index contributed by atoms with van der Waals surface area (Å²) in [6.45, 7) is 5.27. The predicted octanol–water partition coefficient (Wildman–Crippen LogP) is 1.49. The Labute approximate surface area is 94.2 Å². The van der Waals surface area contributed by atoms with Gasteiger partial charge in [0, 0.05) is 32.8 Å². The maximum Gasteiger partial charge on any atom is 0.0667 e. The Morgan fingerprint density at radius 2 is 2.07 bits per heavy atom. The van der Waals surface area contributed by atoms with Crippen molar-refractivity contribution in [2.75, 3.05) is 33.8 Å². The van der Waals surface area contributed by atoms with E-state index < -0.39 is 0 Å². The second kappa shape index (κ2) is 7.20. The molecule has 0 radical (unpaired) electrons. The molecular weight excluding hydrogens is 188 g/mol. The lowest BCUT2D eigenvalue weighted by atomic mass is 10.2. The summed E-state index contributed by atoms with van der Waals surface area (Å²) in [6, 6.07) is 0.839. The summed E-state index contributed by atoms with van der Waals surface area (Å²) in [5.41, 5.74) is 0. The molecule has 3 nitrogen and oxygen atoms in total. The minimum Gasteiger partial charge on any atom is -0.380 e. The molecule has 0 aliphatic heterocycles. The summed E-state index contributed by atoms with van der Waals surface area (Å²) in [4.78, 5) is 2.50. The molecule has 1 atom stereocenters. The standard InChI is InChI=1S/C12H26N2O/c1-11(15-3)10-13-8-9-14(2)12-6-4-5-7-12/h11-13H,4-10H2,1-3H3. The van der Waals surface area contributed by atoms with Gasteiger partial charge in [-0.2, -0.15) is 0 Å². The number of nitrogens with zero attached hydrogens (tertiary/aromatic N) is 1. The van der Waals surface area contributed by atoms with Crippen LogP contribution in [-0.2, 0) is 4.74 Å². The van der Waals surface area contributed by atoms with E-state index in [2.05, 4.69) is 24.2 Å². The zero-order valence-electron chi connectivity index (χ0n) is 10.5. The number of nitrogens with one attached hydrogen (secondary N) is 1. The fourth-order valence-corrected chi connectivity index (χ4v) is 2.17. The Hall–Kier alpha value is -0.120. The predicted molar refractivity (Wildman–Crippen MR) is 64.2 cm³/mol. The normalized spacial score (nSPS) is 20.0. The van der Waals surface area contributed by atoms with Gasteiger partial charge >= 0.3 is 0 Å². The second-order valence-electron chi connectivity index (χ2n) is 4.67. The van der Waals surface area contributed by atoms with Crippen LogP contribution >= 0.6 is 0 Å². The molecule has 0 aromatic carbocycles. The summed E-state index contributed by atoms with van der Waals surface area (Å²) in [6.07, 6.45) is 5.95. The summed E-state index contributed by atoms with van der Waals surface area (Å²) in [5.74, 6) is 0. The molecule has 1 aliphatic rings. The van der Waals surface area contributed by atoms with Crippen molar-refractivity contribution >= 4 is 0 Å². The Balaban J connectivity index is 1.99. The molecule has 90 valence electrons. The Kier molecular flexibility index (Phi) is 6.22. The van der Waals surface area contributed by atoms with E-state index in [1.165, 1.54) is 25.7 Å². The van der Waals surface area contributed by atoms with E-state index in [0.29, 0.717) is 6.10 Å². The van der Waals surface area contributed by atoms with E-state index in [1.54, 1.807) is 7.11 Å². The summed E-state index contributed by atoms with van der Waals surface area (Å²) in [5, 5.41) is 3.42. The van der Waals surface area contributed by atoms with Crippen molar-refractivity contribution in [1.82, 2.24) is 10.2 Å². The van der Waals surface area contributed by atoms with Crippen LogP contribution in [0.25, 0.3) is 0 Å². The number of ether oxygens (including phenoxy) is 1. The van der Waals surface area contributed by atoms with Gasteiger partial charge in [0.25, 0.3) is 0 Å². The molecule has 1 unspecified atom stereocenters. The monoisotopic (exact) mass is 214 g/mol. The van der Waals surface area contributed by atoms with Crippen molar-refractivity contribution in [2.45, 2.75) is 44.8 Å². The highest BCUT2D eigenvalue weighted by Crippen LogP contribution is 2.21. The Morgan fingerprint density at radius 1 is 1.40 bits per heavy atom. The maximum absolute atomic E-state index is 5.18. The fourth-order valence-electron chi connectivity index (χ4n) is 2.17. The van der Waals surface area contributed by atoms with Crippen LogP contribution in [0.1, 0.15) is 32.6 Å². The van der Waals surface area contributed by atoms with Crippen molar-refractivity contribution < 1.29 is 4.74 Å². The number of hydrogen-bond acceptors (Lipinski definition) is 3. The van der Waals surface area contributed by atoms with E-state index in [4.69, 9.17) is 4.74 Å². The van der Waals surface area contributed by atoms with Crippen LogP contribution in [0.4, 0.5) is 0 Å². The Morgan fingerprint density at radius 3 is 2.67 bits per heavy atom. The molecule has 0 bridgehead atoms. The van der Waals surface area contributed by atoms with Gasteiger partial charge in [0.1, 0.15) is 0 Å². The van der Waals surface area contributed by atoms with Crippen LogP contribution in [0.3, 0.4) is 0 Å². The first-order valence-corrected chi connectivity index (χ1v) is 6.17. The SMILES string of the molecule is COC(C)CNCCN(C)C1CCCC1. The molecule has 1 aliphatic carbocycles. The quantitative estimate of drug-likeness (QED) is 0.650. The van der Waals surface area contributed by atoms with Gasteiger partial charge in [-0.3, -0.25) is 0 Å². The van der Waals surface area contributed by atoms with Gasteiger partial charge in [0.05, 0.1) is 6.10 Å². The number of methoxy groups -OCH3 is 1. The van der Waals surface area contributed by atoms with Crippen LogP contribution in [-0.4, -0.2) is 50.8 Å². The van der Waals surface area contributed by atoms with Gasteiger partial charge in [0.15, 0.2) is 0 Å².